The number of nitrogens with two attached hydrogens (primary N) is 1. The molecule has 5 heteroatoms. The van der Waals surface area contributed by atoms with Crippen molar-refractivity contribution in [3.05, 3.63) is 18.0 Å². The van der Waals surface area contributed by atoms with Crippen LogP contribution in [-0.2, 0) is 6.54 Å². The third kappa shape index (κ3) is 2.92. The number of aromatic nitrogens is 2. The molecule has 2 heterocycles. The van der Waals surface area contributed by atoms with E-state index in [9.17, 15) is 5.11 Å². The van der Waals surface area contributed by atoms with Crippen LogP contribution in [0, 0.1) is 5.92 Å². The zero-order valence-electron chi connectivity index (χ0n) is 10.2. The summed E-state index contributed by atoms with van der Waals surface area (Å²) >= 11 is 0. The summed E-state index contributed by atoms with van der Waals surface area (Å²) in [7, 11) is 0. The number of piperidine rings is 1. The van der Waals surface area contributed by atoms with Crippen LogP contribution >= 0.6 is 0 Å². The molecule has 1 aliphatic heterocycles. The van der Waals surface area contributed by atoms with Crippen LogP contribution in [0.1, 0.15) is 25.3 Å². The van der Waals surface area contributed by atoms with E-state index >= 15 is 0 Å². The van der Waals surface area contributed by atoms with Gasteiger partial charge in [0.1, 0.15) is 0 Å². The smallest absolute Gasteiger partial charge is 0.225 e. The first kappa shape index (κ1) is 12.3. The number of hydrogen-bond acceptors (Lipinski definition) is 5. The lowest BCUT2D eigenvalue weighted by Gasteiger charge is -2.33. The summed E-state index contributed by atoms with van der Waals surface area (Å²) in [6, 6.07) is 0. The molecule has 1 saturated heterocycles. The fourth-order valence-corrected chi connectivity index (χ4v) is 2.20. The molecule has 0 radical (unpaired) electrons. The number of nitrogens with zero attached hydrogens (tertiary/aromatic N) is 3. The summed E-state index contributed by atoms with van der Waals surface area (Å²) in [6.45, 7) is 4.17. The molecule has 0 bridgehead atoms. The van der Waals surface area contributed by atoms with Gasteiger partial charge in [-0.1, -0.05) is 0 Å². The first-order valence-corrected chi connectivity index (χ1v) is 6.14. The van der Waals surface area contributed by atoms with Gasteiger partial charge in [0.25, 0.3) is 0 Å². The summed E-state index contributed by atoms with van der Waals surface area (Å²) < 4.78 is 0. The van der Waals surface area contributed by atoms with E-state index in [1.807, 2.05) is 6.92 Å². The lowest BCUT2D eigenvalue weighted by atomic mass is 9.92. The van der Waals surface area contributed by atoms with Crippen LogP contribution in [0.5, 0.6) is 0 Å². The topological polar surface area (TPSA) is 75.3 Å². The van der Waals surface area contributed by atoms with Crippen LogP contribution in [0.4, 0.5) is 5.95 Å². The average molecular weight is 236 g/mol. The van der Waals surface area contributed by atoms with Crippen LogP contribution < -0.4 is 10.6 Å². The maximum Gasteiger partial charge on any atom is 0.225 e. The molecule has 1 aliphatic rings. The number of aliphatic hydroxyl groups excluding tert-OH is 1. The fourth-order valence-electron chi connectivity index (χ4n) is 2.20. The van der Waals surface area contributed by atoms with Gasteiger partial charge in [-0.15, -0.1) is 0 Å². The van der Waals surface area contributed by atoms with E-state index in [-0.39, 0.29) is 6.10 Å². The Morgan fingerprint density at radius 3 is 2.47 bits per heavy atom. The van der Waals surface area contributed by atoms with E-state index in [4.69, 9.17) is 5.73 Å². The van der Waals surface area contributed by atoms with Crippen LogP contribution in [-0.4, -0.2) is 34.3 Å². The molecule has 1 unspecified atom stereocenters. The van der Waals surface area contributed by atoms with Gasteiger partial charge in [0.05, 0.1) is 6.10 Å². The lowest BCUT2D eigenvalue weighted by molar-refractivity contribution is 0.109. The second kappa shape index (κ2) is 5.42. The third-order valence-corrected chi connectivity index (χ3v) is 3.43. The minimum Gasteiger partial charge on any atom is -0.393 e. The van der Waals surface area contributed by atoms with Crippen molar-refractivity contribution < 1.29 is 5.11 Å². The number of aliphatic hydroxyl groups is 1. The molecule has 3 N–H and O–H groups in total. The Morgan fingerprint density at radius 2 is 2.00 bits per heavy atom. The molecular formula is C12H20N4O. The standard InChI is InChI=1S/C12H20N4O/c1-9(17)11-2-4-16(5-3-11)12-14-7-10(6-13)8-15-12/h7-9,11,17H,2-6,13H2,1H3. The molecular weight excluding hydrogens is 216 g/mol. The van der Waals surface area contributed by atoms with Crippen LogP contribution in [0.25, 0.3) is 0 Å². The van der Waals surface area contributed by atoms with Gasteiger partial charge >= 0.3 is 0 Å². The highest BCUT2D eigenvalue weighted by molar-refractivity contribution is 5.30. The summed E-state index contributed by atoms with van der Waals surface area (Å²) in [6.07, 6.45) is 5.35. The predicted octanol–water partition coefficient (Wildman–Crippen LogP) is 0.533. The molecule has 0 saturated carbocycles. The summed E-state index contributed by atoms with van der Waals surface area (Å²) in [5, 5.41) is 9.54. The molecule has 1 atom stereocenters. The summed E-state index contributed by atoms with van der Waals surface area (Å²) in [5.74, 6) is 1.18. The Balaban J connectivity index is 1.95. The number of anilines is 1. The quantitative estimate of drug-likeness (QED) is 0.801. The van der Waals surface area contributed by atoms with E-state index in [1.54, 1.807) is 12.4 Å². The van der Waals surface area contributed by atoms with Gasteiger partial charge in [-0.3, -0.25) is 0 Å². The molecule has 94 valence electrons. The predicted molar refractivity (Wildman–Crippen MR) is 66.5 cm³/mol. The summed E-state index contributed by atoms with van der Waals surface area (Å²) in [4.78, 5) is 10.8. The SMILES string of the molecule is CC(O)C1CCN(c2ncc(CN)cn2)CC1. The van der Waals surface area contributed by atoms with E-state index in [0.29, 0.717) is 12.5 Å². The highest BCUT2D eigenvalue weighted by atomic mass is 16.3. The highest BCUT2D eigenvalue weighted by Gasteiger charge is 2.23. The zero-order valence-corrected chi connectivity index (χ0v) is 10.2. The van der Waals surface area contributed by atoms with Gasteiger partial charge < -0.3 is 15.7 Å². The van der Waals surface area contributed by atoms with E-state index in [1.165, 1.54) is 0 Å². The van der Waals surface area contributed by atoms with E-state index < -0.39 is 0 Å². The van der Waals surface area contributed by atoms with Crippen molar-refractivity contribution in [1.82, 2.24) is 9.97 Å². The Labute approximate surface area is 102 Å². The second-order valence-corrected chi connectivity index (χ2v) is 4.66. The molecule has 17 heavy (non-hydrogen) atoms. The molecule has 0 amide bonds. The van der Waals surface area contributed by atoms with Crippen molar-refractivity contribution in [3.8, 4) is 0 Å². The monoisotopic (exact) mass is 236 g/mol. The van der Waals surface area contributed by atoms with Gasteiger partial charge in [0.15, 0.2) is 0 Å². The van der Waals surface area contributed by atoms with Crippen molar-refractivity contribution in [3.63, 3.8) is 0 Å². The Hall–Kier alpha value is -1.20. The van der Waals surface area contributed by atoms with Crippen molar-refractivity contribution in [1.29, 1.82) is 0 Å². The molecule has 1 aromatic heterocycles. The Kier molecular flexibility index (Phi) is 3.91. The van der Waals surface area contributed by atoms with Crippen LogP contribution in [0.15, 0.2) is 12.4 Å². The van der Waals surface area contributed by atoms with Crippen molar-refractivity contribution in [2.75, 3.05) is 18.0 Å². The maximum absolute atomic E-state index is 9.54. The zero-order chi connectivity index (χ0) is 12.3. The number of hydrogen-bond donors (Lipinski definition) is 2. The maximum atomic E-state index is 9.54. The molecule has 5 nitrogen and oxygen atoms in total. The van der Waals surface area contributed by atoms with Gasteiger partial charge in [0.2, 0.25) is 5.95 Å². The van der Waals surface area contributed by atoms with E-state index in [0.717, 1.165) is 37.4 Å². The Bertz CT molecular complexity index is 344. The molecule has 0 spiro atoms. The van der Waals surface area contributed by atoms with Crippen molar-refractivity contribution in [2.45, 2.75) is 32.4 Å². The van der Waals surface area contributed by atoms with Gasteiger partial charge in [-0.25, -0.2) is 9.97 Å². The number of rotatable bonds is 3. The minimum absolute atomic E-state index is 0.210. The van der Waals surface area contributed by atoms with E-state index in [2.05, 4.69) is 14.9 Å². The largest absolute Gasteiger partial charge is 0.393 e. The normalized spacial score (nSPS) is 19.4. The van der Waals surface area contributed by atoms with Crippen LogP contribution in [0.2, 0.25) is 0 Å². The lowest BCUT2D eigenvalue weighted by Crippen LogP contribution is -2.37. The second-order valence-electron chi connectivity index (χ2n) is 4.66. The van der Waals surface area contributed by atoms with Gasteiger partial charge in [-0.05, 0) is 25.7 Å². The fraction of sp³-hybridized carbons (Fsp3) is 0.667. The third-order valence-electron chi connectivity index (χ3n) is 3.43. The molecule has 1 aromatic rings. The molecule has 0 aromatic carbocycles. The van der Waals surface area contributed by atoms with Gasteiger partial charge in [0, 0.05) is 37.6 Å². The molecule has 1 fully saturated rings. The Morgan fingerprint density at radius 1 is 1.41 bits per heavy atom. The van der Waals surface area contributed by atoms with Gasteiger partial charge in [-0.2, -0.15) is 0 Å². The molecule has 2 rings (SSSR count). The van der Waals surface area contributed by atoms with Crippen molar-refractivity contribution >= 4 is 5.95 Å². The average Bonchev–Trinajstić information content (AvgIpc) is 2.39. The summed E-state index contributed by atoms with van der Waals surface area (Å²) in [5.41, 5.74) is 6.46. The minimum atomic E-state index is -0.210. The van der Waals surface area contributed by atoms with Crippen LogP contribution in [0.3, 0.4) is 0 Å². The molecule has 0 aliphatic carbocycles. The highest BCUT2D eigenvalue weighted by Crippen LogP contribution is 2.22. The first-order chi connectivity index (χ1) is 8.20. The van der Waals surface area contributed by atoms with Crippen molar-refractivity contribution in [2.24, 2.45) is 11.7 Å². The first-order valence-electron chi connectivity index (χ1n) is 6.14.